The predicted octanol–water partition coefficient (Wildman–Crippen LogP) is 1.31. The fraction of sp³-hybridized carbons (Fsp3) is 0.909. The molecule has 0 saturated carbocycles. The van der Waals surface area contributed by atoms with Crippen LogP contribution in [0.2, 0.25) is 0 Å². The van der Waals surface area contributed by atoms with E-state index >= 15 is 0 Å². The Bertz CT molecular complexity index is 208. The highest BCUT2D eigenvalue weighted by Gasteiger charge is 2.23. The summed E-state index contributed by atoms with van der Waals surface area (Å²) in [4.78, 5) is 13.5. The van der Waals surface area contributed by atoms with Crippen LogP contribution in [0.1, 0.15) is 39.5 Å². The number of nitrogens with one attached hydrogen (secondary N) is 1. The molecule has 1 aliphatic heterocycles. The lowest BCUT2D eigenvalue weighted by Crippen LogP contribution is -2.51. The Kier molecular flexibility index (Phi) is 4.39. The van der Waals surface area contributed by atoms with Gasteiger partial charge in [-0.15, -0.1) is 0 Å². The molecule has 0 atom stereocenters. The van der Waals surface area contributed by atoms with Crippen LogP contribution in [-0.2, 0) is 0 Å². The van der Waals surface area contributed by atoms with Gasteiger partial charge in [-0.3, -0.25) is 0 Å². The first kappa shape index (κ1) is 12.3. The van der Waals surface area contributed by atoms with Gasteiger partial charge in [-0.05, 0) is 25.7 Å². The van der Waals surface area contributed by atoms with E-state index in [1.807, 2.05) is 4.90 Å². The highest BCUT2D eigenvalue weighted by molar-refractivity contribution is 5.74. The van der Waals surface area contributed by atoms with Crippen LogP contribution in [-0.4, -0.2) is 36.1 Å². The molecule has 1 aliphatic rings. The van der Waals surface area contributed by atoms with Crippen molar-refractivity contribution in [3.63, 3.8) is 0 Å². The van der Waals surface area contributed by atoms with Gasteiger partial charge >= 0.3 is 6.03 Å². The number of nitrogens with zero attached hydrogens (tertiary/aromatic N) is 1. The zero-order valence-electron chi connectivity index (χ0n) is 9.88. The van der Waals surface area contributed by atoms with Crippen LogP contribution in [0.3, 0.4) is 0 Å². The normalized spacial score (nSPS) is 16.9. The molecule has 1 rings (SSSR count). The second-order valence-electron chi connectivity index (χ2n) is 4.42. The van der Waals surface area contributed by atoms with Crippen LogP contribution in [0.15, 0.2) is 0 Å². The summed E-state index contributed by atoms with van der Waals surface area (Å²) in [6.07, 6.45) is 4.04. The lowest BCUT2D eigenvalue weighted by atomic mass is 9.94. The predicted molar refractivity (Wildman–Crippen MR) is 61.7 cm³/mol. The van der Waals surface area contributed by atoms with Gasteiger partial charge < -0.3 is 16.0 Å². The average molecular weight is 213 g/mol. The van der Waals surface area contributed by atoms with E-state index < -0.39 is 0 Å². The number of urea groups is 1. The van der Waals surface area contributed by atoms with Gasteiger partial charge in [0.15, 0.2) is 0 Å². The van der Waals surface area contributed by atoms with Crippen molar-refractivity contribution in [3.8, 4) is 0 Å². The van der Waals surface area contributed by atoms with Crippen LogP contribution >= 0.6 is 0 Å². The number of amides is 2. The van der Waals surface area contributed by atoms with Crippen LogP contribution in [0.5, 0.6) is 0 Å². The van der Waals surface area contributed by atoms with Gasteiger partial charge in [0.25, 0.3) is 0 Å². The van der Waals surface area contributed by atoms with Crippen LogP contribution in [0, 0.1) is 0 Å². The molecule has 88 valence electrons. The van der Waals surface area contributed by atoms with E-state index in [0.717, 1.165) is 38.8 Å². The Labute approximate surface area is 92.2 Å². The number of hydrogen-bond donors (Lipinski definition) is 2. The summed E-state index contributed by atoms with van der Waals surface area (Å²) in [5.74, 6) is 0. The fourth-order valence-corrected chi connectivity index (χ4v) is 1.78. The first-order valence-electron chi connectivity index (χ1n) is 5.93. The third-order valence-corrected chi connectivity index (χ3v) is 3.39. The number of carbonyl (C=O) groups is 1. The molecule has 4 nitrogen and oxygen atoms in total. The van der Waals surface area contributed by atoms with E-state index in [1.165, 1.54) is 0 Å². The third-order valence-electron chi connectivity index (χ3n) is 3.39. The smallest absolute Gasteiger partial charge is 0.317 e. The van der Waals surface area contributed by atoms with E-state index in [0.29, 0.717) is 6.54 Å². The minimum absolute atomic E-state index is 0.0456. The summed E-state index contributed by atoms with van der Waals surface area (Å²) in [6, 6.07) is 0.0456. The summed E-state index contributed by atoms with van der Waals surface area (Å²) in [5.41, 5.74) is 5.87. The minimum atomic E-state index is -0.241. The number of carbonyl (C=O) groups excluding carboxylic acids is 1. The number of hydrogen-bond acceptors (Lipinski definition) is 2. The summed E-state index contributed by atoms with van der Waals surface area (Å²) in [7, 11) is 0. The number of nitrogens with two attached hydrogens (primary N) is 1. The Hall–Kier alpha value is -0.770. The van der Waals surface area contributed by atoms with Crippen LogP contribution < -0.4 is 11.1 Å². The molecular formula is C11H23N3O. The highest BCUT2D eigenvalue weighted by Crippen LogP contribution is 2.11. The quantitative estimate of drug-likeness (QED) is 0.739. The van der Waals surface area contributed by atoms with E-state index in [-0.39, 0.29) is 11.6 Å². The van der Waals surface area contributed by atoms with Gasteiger partial charge in [0, 0.05) is 25.2 Å². The lowest BCUT2D eigenvalue weighted by molar-refractivity contribution is 0.204. The molecule has 15 heavy (non-hydrogen) atoms. The first-order chi connectivity index (χ1) is 7.11. The molecule has 0 aromatic carbocycles. The topological polar surface area (TPSA) is 58.4 Å². The van der Waals surface area contributed by atoms with Crippen molar-refractivity contribution in [1.82, 2.24) is 10.2 Å². The van der Waals surface area contributed by atoms with E-state index in [1.54, 1.807) is 0 Å². The molecule has 0 unspecified atom stereocenters. The Balaban J connectivity index is 2.32. The molecule has 3 N–H and O–H groups in total. The fourth-order valence-electron chi connectivity index (χ4n) is 1.78. The van der Waals surface area contributed by atoms with Crippen molar-refractivity contribution >= 4 is 6.03 Å². The van der Waals surface area contributed by atoms with Crippen molar-refractivity contribution in [2.24, 2.45) is 5.73 Å². The van der Waals surface area contributed by atoms with Gasteiger partial charge in [0.05, 0.1) is 0 Å². The molecule has 1 heterocycles. The Morgan fingerprint density at radius 1 is 1.33 bits per heavy atom. The molecule has 0 aliphatic carbocycles. The molecule has 1 saturated heterocycles. The van der Waals surface area contributed by atoms with E-state index in [4.69, 9.17) is 5.73 Å². The second kappa shape index (κ2) is 5.35. The van der Waals surface area contributed by atoms with E-state index in [9.17, 15) is 4.79 Å². The zero-order valence-corrected chi connectivity index (χ0v) is 9.88. The van der Waals surface area contributed by atoms with Crippen LogP contribution in [0.25, 0.3) is 0 Å². The Morgan fingerprint density at radius 2 is 1.87 bits per heavy atom. The van der Waals surface area contributed by atoms with Crippen molar-refractivity contribution in [1.29, 1.82) is 0 Å². The SMILES string of the molecule is CCC(N)(CC)CNC(=O)N1CCCC1. The van der Waals surface area contributed by atoms with Crippen molar-refractivity contribution in [2.45, 2.75) is 45.1 Å². The van der Waals surface area contributed by atoms with Gasteiger partial charge in [-0.2, -0.15) is 0 Å². The molecule has 0 aromatic heterocycles. The van der Waals surface area contributed by atoms with Gasteiger partial charge in [-0.1, -0.05) is 13.8 Å². The first-order valence-corrected chi connectivity index (χ1v) is 5.93. The second-order valence-corrected chi connectivity index (χ2v) is 4.42. The highest BCUT2D eigenvalue weighted by atomic mass is 16.2. The summed E-state index contributed by atoms with van der Waals surface area (Å²) < 4.78 is 0. The van der Waals surface area contributed by atoms with Crippen molar-refractivity contribution in [2.75, 3.05) is 19.6 Å². The molecule has 0 radical (unpaired) electrons. The lowest BCUT2D eigenvalue weighted by Gasteiger charge is -2.28. The average Bonchev–Trinajstić information content (AvgIpc) is 2.79. The van der Waals surface area contributed by atoms with Gasteiger partial charge in [0.1, 0.15) is 0 Å². The largest absolute Gasteiger partial charge is 0.336 e. The molecule has 4 heteroatoms. The number of likely N-dealkylation sites (tertiary alicyclic amines) is 1. The summed E-state index contributed by atoms with van der Waals surface area (Å²) >= 11 is 0. The minimum Gasteiger partial charge on any atom is -0.336 e. The van der Waals surface area contributed by atoms with Gasteiger partial charge in [0.2, 0.25) is 0 Å². The maximum Gasteiger partial charge on any atom is 0.317 e. The van der Waals surface area contributed by atoms with E-state index in [2.05, 4.69) is 19.2 Å². The van der Waals surface area contributed by atoms with Crippen LogP contribution in [0.4, 0.5) is 4.79 Å². The summed E-state index contributed by atoms with van der Waals surface area (Å²) in [6.45, 7) is 6.48. The number of rotatable bonds is 4. The molecular weight excluding hydrogens is 190 g/mol. The molecule has 2 amide bonds. The van der Waals surface area contributed by atoms with Gasteiger partial charge in [-0.25, -0.2) is 4.79 Å². The Morgan fingerprint density at radius 3 is 2.33 bits per heavy atom. The monoisotopic (exact) mass is 213 g/mol. The summed E-state index contributed by atoms with van der Waals surface area (Å²) in [5, 5.41) is 2.93. The third kappa shape index (κ3) is 3.38. The molecule has 0 aromatic rings. The maximum absolute atomic E-state index is 11.7. The molecule has 1 fully saturated rings. The molecule has 0 bridgehead atoms. The standard InChI is InChI=1S/C11H23N3O/c1-3-11(12,4-2)9-13-10(15)14-7-5-6-8-14/h3-9,12H2,1-2H3,(H,13,15). The molecule has 0 spiro atoms. The van der Waals surface area contributed by atoms with Crippen molar-refractivity contribution < 1.29 is 4.79 Å². The maximum atomic E-state index is 11.7. The zero-order chi connectivity index (χ0) is 11.3. The van der Waals surface area contributed by atoms with Crippen molar-refractivity contribution in [3.05, 3.63) is 0 Å².